The van der Waals surface area contributed by atoms with Crippen LogP contribution in [0, 0.1) is 17.2 Å². The Balaban J connectivity index is 2.05. The van der Waals surface area contributed by atoms with Crippen molar-refractivity contribution >= 4 is 17.5 Å². The summed E-state index contributed by atoms with van der Waals surface area (Å²) in [6.45, 7) is 3.37. The number of carbonyl (C=O) groups excluding carboxylic acids is 1. The summed E-state index contributed by atoms with van der Waals surface area (Å²) in [5, 5.41) is 12.1. The summed E-state index contributed by atoms with van der Waals surface area (Å²) in [5.41, 5.74) is 0.294. The first-order chi connectivity index (χ1) is 10.2. The highest BCUT2D eigenvalue weighted by atomic mass is 35.5. The number of halogens is 1. The Labute approximate surface area is 128 Å². The van der Waals surface area contributed by atoms with Gasteiger partial charge in [-0.3, -0.25) is 4.79 Å². The van der Waals surface area contributed by atoms with E-state index in [-0.39, 0.29) is 22.7 Å². The number of carbonyl (C=O) groups is 1. The largest absolute Gasteiger partial charge is 0.477 e. The van der Waals surface area contributed by atoms with Crippen molar-refractivity contribution in [1.29, 1.82) is 5.26 Å². The lowest BCUT2D eigenvalue weighted by Gasteiger charge is -2.16. The van der Waals surface area contributed by atoms with Crippen LogP contribution in [0.5, 0.6) is 5.88 Å². The Kier molecular flexibility index (Phi) is 5.37. The van der Waals surface area contributed by atoms with Crippen molar-refractivity contribution in [1.82, 2.24) is 10.3 Å². The van der Waals surface area contributed by atoms with Gasteiger partial charge in [-0.05, 0) is 19.4 Å². The fraction of sp³-hybridized carbons (Fsp3) is 0.500. The molecular formula is C14H16ClN3O3. The minimum atomic E-state index is -0.578. The van der Waals surface area contributed by atoms with Crippen LogP contribution in [0.25, 0.3) is 0 Å². The highest BCUT2D eigenvalue weighted by molar-refractivity contribution is 6.32. The normalized spacial score (nSPS) is 18.8. The molecule has 0 saturated carbocycles. The molecule has 6 nitrogen and oxygen atoms in total. The number of pyridine rings is 1. The van der Waals surface area contributed by atoms with Crippen LogP contribution >= 0.6 is 11.6 Å². The molecule has 1 aromatic rings. The van der Waals surface area contributed by atoms with Gasteiger partial charge in [0.05, 0.1) is 24.8 Å². The van der Waals surface area contributed by atoms with Gasteiger partial charge in [-0.1, -0.05) is 11.6 Å². The van der Waals surface area contributed by atoms with E-state index in [9.17, 15) is 4.79 Å². The maximum Gasteiger partial charge on any atom is 0.253 e. The summed E-state index contributed by atoms with van der Waals surface area (Å²) in [5.74, 6) is -0.0762. The first-order valence-electron chi connectivity index (χ1n) is 6.72. The second kappa shape index (κ2) is 7.25. The second-order valence-electron chi connectivity index (χ2n) is 4.65. The number of nitrogens with zero attached hydrogens (tertiary/aromatic N) is 2. The number of hydrogen-bond acceptors (Lipinski definition) is 5. The van der Waals surface area contributed by atoms with Gasteiger partial charge < -0.3 is 14.8 Å². The van der Waals surface area contributed by atoms with Gasteiger partial charge in [0.25, 0.3) is 5.91 Å². The fourth-order valence-electron chi connectivity index (χ4n) is 2.09. The lowest BCUT2D eigenvalue weighted by Crippen LogP contribution is -2.39. The van der Waals surface area contributed by atoms with E-state index in [1.807, 2.05) is 6.92 Å². The Morgan fingerprint density at radius 2 is 2.57 bits per heavy atom. The fourth-order valence-corrected chi connectivity index (χ4v) is 2.31. The maximum atomic E-state index is 12.1. The molecule has 0 aromatic carbocycles. The van der Waals surface area contributed by atoms with Gasteiger partial charge in [0, 0.05) is 18.7 Å². The Hall–Kier alpha value is -1.84. The molecule has 0 bridgehead atoms. The molecular weight excluding hydrogens is 294 g/mol. The number of hydrogen-bond donors (Lipinski definition) is 1. The van der Waals surface area contributed by atoms with E-state index in [0.717, 1.165) is 6.42 Å². The molecule has 1 saturated heterocycles. The maximum absolute atomic E-state index is 12.1. The molecule has 1 amide bonds. The van der Waals surface area contributed by atoms with Crippen molar-refractivity contribution in [3.05, 3.63) is 22.8 Å². The van der Waals surface area contributed by atoms with E-state index in [4.69, 9.17) is 26.3 Å². The minimum Gasteiger partial charge on any atom is -0.477 e. The first kappa shape index (κ1) is 15.5. The van der Waals surface area contributed by atoms with Crippen LogP contribution in [0.1, 0.15) is 23.7 Å². The van der Waals surface area contributed by atoms with Crippen molar-refractivity contribution < 1.29 is 14.3 Å². The molecule has 0 unspecified atom stereocenters. The quantitative estimate of drug-likeness (QED) is 0.896. The third kappa shape index (κ3) is 3.84. The zero-order valence-corrected chi connectivity index (χ0v) is 12.4. The van der Waals surface area contributed by atoms with Crippen molar-refractivity contribution in [2.75, 3.05) is 19.8 Å². The Bertz CT molecular complexity index is 553. The number of aromatic nitrogens is 1. The van der Waals surface area contributed by atoms with Crippen LogP contribution in [-0.2, 0) is 4.74 Å². The predicted molar refractivity (Wildman–Crippen MR) is 76.2 cm³/mol. The average molecular weight is 310 g/mol. The summed E-state index contributed by atoms with van der Waals surface area (Å²) < 4.78 is 10.4. The van der Waals surface area contributed by atoms with E-state index in [2.05, 4.69) is 16.4 Å². The van der Waals surface area contributed by atoms with Gasteiger partial charge in [-0.15, -0.1) is 0 Å². The van der Waals surface area contributed by atoms with Crippen LogP contribution in [0.3, 0.4) is 0 Å². The SMILES string of the molecule is CCOc1ncc(C(=O)N[C@H](C#N)[C@@H]2CCOC2)cc1Cl. The molecule has 2 rings (SSSR count). The number of nitriles is 1. The van der Waals surface area contributed by atoms with Gasteiger partial charge in [0.15, 0.2) is 0 Å². The predicted octanol–water partition coefficient (Wildman–Crippen LogP) is 1.79. The van der Waals surface area contributed by atoms with Gasteiger partial charge in [-0.25, -0.2) is 4.98 Å². The van der Waals surface area contributed by atoms with Crippen molar-refractivity contribution in [3.63, 3.8) is 0 Å². The van der Waals surface area contributed by atoms with Crippen LogP contribution < -0.4 is 10.1 Å². The minimum absolute atomic E-state index is 0.0186. The molecule has 1 aliphatic rings. The number of rotatable bonds is 5. The molecule has 0 aliphatic carbocycles. The smallest absolute Gasteiger partial charge is 0.253 e. The van der Waals surface area contributed by atoms with Gasteiger partial charge in [0.2, 0.25) is 5.88 Å². The molecule has 112 valence electrons. The molecule has 2 heterocycles. The van der Waals surface area contributed by atoms with Gasteiger partial charge in [0.1, 0.15) is 11.1 Å². The average Bonchev–Trinajstić information content (AvgIpc) is 3.01. The summed E-state index contributed by atoms with van der Waals surface area (Å²) in [4.78, 5) is 16.1. The third-order valence-electron chi connectivity index (χ3n) is 3.21. The number of nitrogens with one attached hydrogen (secondary N) is 1. The number of amides is 1. The zero-order chi connectivity index (χ0) is 15.2. The lowest BCUT2D eigenvalue weighted by atomic mass is 10.00. The topological polar surface area (TPSA) is 84.2 Å². The summed E-state index contributed by atoms with van der Waals surface area (Å²) in [7, 11) is 0. The van der Waals surface area contributed by atoms with Crippen molar-refractivity contribution in [3.8, 4) is 11.9 Å². The third-order valence-corrected chi connectivity index (χ3v) is 3.48. The van der Waals surface area contributed by atoms with Crippen LogP contribution in [0.2, 0.25) is 5.02 Å². The van der Waals surface area contributed by atoms with E-state index < -0.39 is 6.04 Å². The zero-order valence-electron chi connectivity index (χ0n) is 11.6. The molecule has 1 N–H and O–H groups in total. The van der Waals surface area contributed by atoms with E-state index in [1.165, 1.54) is 12.3 Å². The molecule has 21 heavy (non-hydrogen) atoms. The van der Waals surface area contributed by atoms with Gasteiger partial charge in [-0.2, -0.15) is 5.26 Å². The molecule has 1 aromatic heterocycles. The standard InChI is InChI=1S/C14H16ClN3O3/c1-2-21-14-11(15)5-10(7-17-14)13(19)18-12(6-16)9-3-4-20-8-9/h5,7,9,12H,2-4,8H2,1H3,(H,18,19)/t9-,12-/m1/s1. The highest BCUT2D eigenvalue weighted by Crippen LogP contribution is 2.23. The molecule has 1 fully saturated rings. The van der Waals surface area contributed by atoms with Crippen LogP contribution in [0.15, 0.2) is 12.3 Å². The van der Waals surface area contributed by atoms with Crippen LogP contribution in [-0.4, -0.2) is 36.8 Å². The molecule has 2 atom stereocenters. The lowest BCUT2D eigenvalue weighted by molar-refractivity contribution is 0.0930. The molecule has 0 spiro atoms. The van der Waals surface area contributed by atoms with Gasteiger partial charge >= 0.3 is 0 Å². The molecule has 0 radical (unpaired) electrons. The summed E-state index contributed by atoms with van der Waals surface area (Å²) in [6, 6.07) is 3.00. The number of ether oxygens (including phenoxy) is 2. The van der Waals surface area contributed by atoms with Crippen molar-refractivity contribution in [2.24, 2.45) is 5.92 Å². The first-order valence-corrected chi connectivity index (χ1v) is 7.10. The Morgan fingerprint density at radius 1 is 1.76 bits per heavy atom. The molecule has 1 aliphatic heterocycles. The summed E-state index contributed by atoms with van der Waals surface area (Å²) >= 11 is 6.00. The Morgan fingerprint density at radius 3 is 3.14 bits per heavy atom. The highest BCUT2D eigenvalue weighted by Gasteiger charge is 2.27. The second-order valence-corrected chi connectivity index (χ2v) is 5.06. The monoisotopic (exact) mass is 309 g/mol. The van der Waals surface area contributed by atoms with E-state index in [0.29, 0.717) is 25.4 Å². The van der Waals surface area contributed by atoms with E-state index in [1.54, 1.807) is 0 Å². The van der Waals surface area contributed by atoms with E-state index >= 15 is 0 Å². The summed E-state index contributed by atoms with van der Waals surface area (Å²) in [6.07, 6.45) is 2.15. The molecule has 7 heteroatoms. The van der Waals surface area contributed by atoms with Crippen molar-refractivity contribution in [2.45, 2.75) is 19.4 Å². The van der Waals surface area contributed by atoms with Crippen LogP contribution in [0.4, 0.5) is 0 Å².